The lowest BCUT2D eigenvalue weighted by Gasteiger charge is -2.04. The zero-order chi connectivity index (χ0) is 37.7. The highest BCUT2D eigenvalue weighted by atomic mass is 33.1. The smallest absolute Gasteiger partial charge is 0.169 e. The molecule has 4 aromatic rings. The van der Waals surface area contributed by atoms with Crippen molar-refractivity contribution in [2.24, 2.45) is 0 Å². The summed E-state index contributed by atoms with van der Waals surface area (Å²) in [6.07, 6.45) is 41.8. The Balaban J connectivity index is 0.830. The number of hydrogen-bond acceptors (Lipinski definition) is 4. The number of phenolic OH excluding ortho intramolecular Hbond substituents is 2. The molecule has 0 spiro atoms. The van der Waals surface area contributed by atoms with Gasteiger partial charge in [-0.1, -0.05) is 147 Å². The Morgan fingerprint density at radius 1 is 0.333 bits per heavy atom. The maximum atomic E-state index is 9.42. The van der Waals surface area contributed by atoms with Crippen LogP contribution in [0, 0.1) is 0 Å². The highest BCUT2D eigenvalue weighted by molar-refractivity contribution is 8.76. The van der Waals surface area contributed by atoms with Crippen LogP contribution in [0.25, 0.3) is 24.3 Å². The largest absolute Gasteiger partial charge is 0.508 e. The summed E-state index contributed by atoms with van der Waals surface area (Å²) in [5, 5.41) is 18.8. The van der Waals surface area contributed by atoms with E-state index < -0.39 is 0 Å². The van der Waals surface area contributed by atoms with Crippen molar-refractivity contribution in [3.63, 3.8) is 0 Å². The number of aryl methyl sites for hydroxylation is 2. The fraction of sp³-hybridized carbons (Fsp3) is 0.458. The third-order valence-corrected chi connectivity index (χ3v) is 12.5. The number of phenols is 2. The maximum Gasteiger partial charge on any atom is 0.169 e. The summed E-state index contributed by atoms with van der Waals surface area (Å²) in [5.74, 6) is 3.25. The SMILES string of the molecule is Oc1ccc(C=Cc2cc[n+](CCCCCCCCCCCSSCCCCCCCCCCC[n+]3ccc(C=Cc4ccc(O)cc4)cc3)cc2)cc1. The van der Waals surface area contributed by atoms with Crippen molar-refractivity contribution in [1.29, 1.82) is 0 Å². The van der Waals surface area contributed by atoms with E-state index in [1.54, 1.807) is 24.3 Å². The van der Waals surface area contributed by atoms with E-state index in [1.807, 2.05) is 24.3 Å². The second-order valence-corrected chi connectivity index (χ2v) is 17.3. The van der Waals surface area contributed by atoms with Crippen LogP contribution in [-0.4, -0.2) is 21.7 Å². The first-order valence-corrected chi connectivity index (χ1v) is 23.3. The molecule has 4 rings (SSSR count). The molecule has 0 unspecified atom stereocenters. The van der Waals surface area contributed by atoms with Crippen molar-refractivity contribution in [3.8, 4) is 11.5 Å². The quantitative estimate of drug-likeness (QED) is 0.0328. The van der Waals surface area contributed by atoms with E-state index in [-0.39, 0.29) is 0 Å². The normalized spacial score (nSPS) is 11.6. The van der Waals surface area contributed by atoms with Gasteiger partial charge >= 0.3 is 0 Å². The molecule has 54 heavy (non-hydrogen) atoms. The monoisotopic (exact) mass is 766 g/mol. The Morgan fingerprint density at radius 2 is 0.593 bits per heavy atom. The molecule has 6 heteroatoms. The zero-order valence-electron chi connectivity index (χ0n) is 32.7. The zero-order valence-corrected chi connectivity index (χ0v) is 34.3. The number of benzene rings is 2. The summed E-state index contributed by atoms with van der Waals surface area (Å²) in [6.45, 7) is 2.20. The number of aromatic hydroxyl groups is 2. The molecule has 0 amide bonds. The fourth-order valence-electron chi connectivity index (χ4n) is 6.52. The van der Waals surface area contributed by atoms with Gasteiger partial charge in [-0.15, -0.1) is 0 Å². The number of nitrogens with zero attached hydrogens (tertiary/aromatic N) is 2. The van der Waals surface area contributed by atoms with Crippen molar-refractivity contribution >= 4 is 45.9 Å². The molecule has 0 bridgehead atoms. The van der Waals surface area contributed by atoms with Gasteiger partial charge in [0.15, 0.2) is 24.8 Å². The van der Waals surface area contributed by atoms with Crippen molar-refractivity contribution in [1.82, 2.24) is 0 Å². The second-order valence-electron chi connectivity index (χ2n) is 14.6. The predicted octanol–water partition coefficient (Wildman–Crippen LogP) is 13.1. The number of aromatic nitrogens is 2. The fourth-order valence-corrected chi connectivity index (χ4v) is 8.81. The van der Waals surface area contributed by atoms with Crippen LogP contribution in [0.3, 0.4) is 0 Å². The Labute approximate surface area is 335 Å². The lowest BCUT2D eigenvalue weighted by Crippen LogP contribution is -2.32. The molecule has 4 nitrogen and oxygen atoms in total. The van der Waals surface area contributed by atoms with E-state index >= 15 is 0 Å². The Kier molecular flexibility index (Phi) is 22.4. The summed E-state index contributed by atoms with van der Waals surface area (Å²) >= 11 is 0. The molecular weight excluding hydrogens is 701 g/mol. The van der Waals surface area contributed by atoms with Gasteiger partial charge in [0.2, 0.25) is 0 Å². The van der Waals surface area contributed by atoms with Crippen molar-refractivity contribution in [2.75, 3.05) is 11.5 Å². The van der Waals surface area contributed by atoms with Crippen molar-refractivity contribution < 1.29 is 19.3 Å². The van der Waals surface area contributed by atoms with Gasteiger partial charge in [0.25, 0.3) is 0 Å². The Hall–Kier alpha value is -3.48. The molecule has 2 N–H and O–H groups in total. The van der Waals surface area contributed by atoms with Crippen LogP contribution < -0.4 is 9.13 Å². The van der Waals surface area contributed by atoms with E-state index in [1.165, 1.54) is 138 Å². The number of pyridine rings is 2. The van der Waals surface area contributed by atoms with Gasteiger partial charge in [-0.25, -0.2) is 9.13 Å². The van der Waals surface area contributed by atoms with E-state index in [0.717, 1.165) is 24.2 Å². The molecule has 0 aliphatic carbocycles. The lowest BCUT2D eigenvalue weighted by molar-refractivity contribution is -0.697. The van der Waals surface area contributed by atoms with Gasteiger partial charge in [-0.2, -0.15) is 0 Å². The minimum Gasteiger partial charge on any atom is -0.508 e. The first-order valence-electron chi connectivity index (χ1n) is 20.8. The number of hydrogen-bond donors (Lipinski definition) is 2. The van der Waals surface area contributed by atoms with Crippen LogP contribution >= 0.6 is 21.6 Å². The molecule has 0 aliphatic heterocycles. The Morgan fingerprint density at radius 3 is 0.907 bits per heavy atom. The van der Waals surface area contributed by atoms with E-state index in [4.69, 9.17) is 0 Å². The molecule has 0 atom stereocenters. The molecule has 0 saturated carbocycles. The average molecular weight is 767 g/mol. The maximum absolute atomic E-state index is 9.42. The van der Waals surface area contributed by atoms with Crippen LogP contribution in [0.1, 0.15) is 138 Å². The summed E-state index contributed by atoms with van der Waals surface area (Å²) in [7, 11) is 4.21. The number of rotatable bonds is 29. The van der Waals surface area contributed by atoms with Gasteiger partial charge in [0.1, 0.15) is 24.6 Å². The summed E-state index contributed by atoms with van der Waals surface area (Å²) < 4.78 is 4.59. The van der Waals surface area contributed by atoms with Crippen LogP contribution in [0.5, 0.6) is 11.5 Å². The van der Waals surface area contributed by atoms with E-state index in [0.29, 0.717) is 11.5 Å². The van der Waals surface area contributed by atoms with Gasteiger partial charge < -0.3 is 10.2 Å². The molecule has 2 aromatic carbocycles. The first kappa shape index (κ1) is 43.3. The van der Waals surface area contributed by atoms with Crippen molar-refractivity contribution in [2.45, 2.75) is 129 Å². The van der Waals surface area contributed by atoms with Crippen LogP contribution in [0.15, 0.2) is 97.6 Å². The van der Waals surface area contributed by atoms with Gasteiger partial charge in [-0.3, -0.25) is 0 Å². The lowest BCUT2D eigenvalue weighted by atomic mass is 10.1. The summed E-state index contributed by atoms with van der Waals surface area (Å²) in [4.78, 5) is 0. The molecule has 2 heterocycles. The minimum atomic E-state index is 0.303. The topological polar surface area (TPSA) is 48.2 Å². The first-order chi connectivity index (χ1) is 26.6. The van der Waals surface area contributed by atoms with Gasteiger partial charge in [-0.05, 0) is 72.2 Å². The second kappa shape index (κ2) is 28.0. The summed E-state index contributed by atoms with van der Waals surface area (Å²) in [5.41, 5.74) is 4.57. The molecule has 0 saturated heterocycles. The van der Waals surface area contributed by atoms with E-state index in [2.05, 4.69) is 104 Å². The minimum absolute atomic E-state index is 0.303. The van der Waals surface area contributed by atoms with Crippen LogP contribution in [0.4, 0.5) is 0 Å². The molecule has 0 radical (unpaired) electrons. The molecule has 2 aromatic heterocycles. The average Bonchev–Trinajstić information content (AvgIpc) is 3.20. The van der Waals surface area contributed by atoms with Crippen LogP contribution in [0.2, 0.25) is 0 Å². The highest BCUT2D eigenvalue weighted by Gasteiger charge is 2.03. The standard InChI is InChI=1S/C48H64N2O2S2/c51-47-27-23-43(24-28-47)19-21-45-31-37-49(38-32-45)35-15-11-7-3-1-5-9-13-17-41-53-54-42-18-14-10-6-2-4-8-12-16-36-50-39-33-46(34-40-50)22-20-44-25-29-48(52)30-26-44/h19-34,37-40H,1-18,35-36,41-42H2/p+2. The number of unbranched alkanes of at least 4 members (excludes halogenated alkanes) is 16. The molecular formula is C48H66N2O2S2+2. The molecule has 290 valence electrons. The van der Waals surface area contributed by atoms with Crippen molar-refractivity contribution in [3.05, 3.63) is 120 Å². The Bertz CT molecular complexity index is 1450. The summed E-state index contributed by atoms with van der Waals surface area (Å²) in [6, 6.07) is 23.3. The van der Waals surface area contributed by atoms with Gasteiger partial charge in [0.05, 0.1) is 0 Å². The van der Waals surface area contributed by atoms with Gasteiger partial charge in [0, 0.05) is 48.6 Å². The van der Waals surface area contributed by atoms with Crippen LogP contribution in [-0.2, 0) is 13.1 Å². The third kappa shape index (κ3) is 20.3. The predicted molar refractivity (Wildman–Crippen MR) is 235 cm³/mol. The molecule has 0 aliphatic rings. The molecule has 0 fully saturated rings. The van der Waals surface area contributed by atoms with E-state index in [9.17, 15) is 10.2 Å². The highest BCUT2D eigenvalue weighted by Crippen LogP contribution is 2.25. The third-order valence-electron chi connectivity index (χ3n) is 9.93.